The van der Waals surface area contributed by atoms with Crippen LogP contribution in [0.1, 0.15) is 18.1 Å². The Morgan fingerprint density at radius 1 is 1.16 bits per heavy atom. The minimum atomic E-state index is -0.292. The Labute approximate surface area is 113 Å². The van der Waals surface area contributed by atoms with Crippen LogP contribution in [0, 0.1) is 12.7 Å². The van der Waals surface area contributed by atoms with Crippen LogP contribution in [-0.4, -0.2) is 6.54 Å². The van der Waals surface area contributed by atoms with Gasteiger partial charge in [0, 0.05) is 24.5 Å². The summed E-state index contributed by atoms with van der Waals surface area (Å²) in [6, 6.07) is 12.9. The van der Waals surface area contributed by atoms with Gasteiger partial charge in [-0.3, -0.25) is 0 Å². The second-order valence-electron chi connectivity index (χ2n) is 4.70. The summed E-state index contributed by atoms with van der Waals surface area (Å²) in [7, 11) is 0. The third-order valence-electron chi connectivity index (χ3n) is 3.22. The second kappa shape index (κ2) is 5.74. The lowest BCUT2D eigenvalue weighted by Gasteiger charge is -2.24. The molecule has 0 aliphatic rings. The van der Waals surface area contributed by atoms with Gasteiger partial charge in [-0.25, -0.2) is 4.39 Å². The summed E-state index contributed by atoms with van der Waals surface area (Å²) >= 11 is 0. The standard InChI is InChI=1S/C16H19FN2/c1-3-19(15-6-4-5-12(2)9-15)11-13-7-8-14(17)10-16(13)18/h4-10H,3,11,18H2,1-2H3. The van der Waals surface area contributed by atoms with Gasteiger partial charge >= 0.3 is 0 Å². The van der Waals surface area contributed by atoms with Gasteiger partial charge in [0.05, 0.1) is 0 Å². The number of anilines is 2. The first-order valence-electron chi connectivity index (χ1n) is 6.45. The summed E-state index contributed by atoms with van der Waals surface area (Å²) in [5.41, 5.74) is 9.70. The van der Waals surface area contributed by atoms with Gasteiger partial charge in [-0.2, -0.15) is 0 Å². The van der Waals surface area contributed by atoms with Crippen molar-refractivity contribution in [2.75, 3.05) is 17.2 Å². The second-order valence-corrected chi connectivity index (χ2v) is 4.70. The van der Waals surface area contributed by atoms with E-state index >= 15 is 0 Å². The fraction of sp³-hybridized carbons (Fsp3) is 0.250. The molecule has 100 valence electrons. The van der Waals surface area contributed by atoms with Crippen molar-refractivity contribution in [3.63, 3.8) is 0 Å². The van der Waals surface area contributed by atoms with Crippen LogP contribution >= 0.6 is 0 Å². The lowest BCUT2D eigenvalue weighted by atomic mass is 10.1. The van der Waals surface area contributed by atoms with Crippen molar-refractivity contribution >= 4 is 11.4 Å². The SMILES string of the molecule is CCN(Cc1ccc(F)cc1N)c1cccc(C)c1. The highest BCUT2D eigenvalue weighted by Crippen LogP contribution is 2.21. The molecular weight excluding hydrogens is 239 g/mol. The van der Waals surface area contributed by atoms with Crippen LogP contribution in [0.3, 0.4) is 0 Å². The van der Waals surface area contributed by atoms with E-state index in [1.165, 1.54) is 17.7 Å². The Bertz CT molecular complexity index is 566. The zero-order valence-corrected chi connectivity index (χ0v) is 11.4. The van der Waals surface area contributed by atoms with E-state index in [1.807, 2.05) is 6.07 Å². The highest BCUT2D eigenvalue weighted by molar-refractivity contribution is 5.53. The zero-order chi connectivity index (χ0) is 13.8. The number of benzene rings is 2. The minimum absolute atomic E-state index is 0.292. The van der Waals surface area contributed by atoms with Crippen LogP contribution in [0.5, 0.6) is 0 Å². The van der Waals surface area contributed by atoms with Gasteiger partial charge in [0.25, 0.3) is 0 Å². The van der Waals surface area contributed by atoms with Crippen LogP contribution in [-0.2, 0) is 6.54 Å². The molecule has 3 heteroatoms. The van der Waals surface area contributed by atoms with Gasteiger partial charge in [-0.05, 0) is 49.2 Å². The molecule has 0 radical (unpaired) electrons. The predicted molar refractivity (Wildman–Crippen MR) is 78.7 cm³/mol. The van der Waals surface area contributed by atoms with Gasteiger partial charge in [-0.1, -0.05) is 18.2 Å². The van der Waals surface area contributed by atoms with E-state index in [0.717, 1.165) is 17.8 Å². The van der Waals surface area contributed by atoms with Crippen LogP contribution in [0.4, 0.5) is 15.8 Å². The van der Waals surface area contributed by atoms with E-state index in [4.69, 9.17) is 5.73 Å². The van der Waals surface area contributed by atoms with Crippen LogP contribution in [0.25, 0.3) is 0 Å². The Morgan fingerprint density at radius 3 is 2.58 bits per heavy atom. The highest BCUT2D eigenvalue weighted by atomic mass is 19.1. The van der Waals surface area contributed by atoms with Crippen molar-refractivity contribution in [1.82, 2.24) is 0 Å². The summed E-state index contributed by atoms with van der Waals surface area (Å²) in [4.78, 5) is 2.22. The van der Waals surface area contributed by atoms with Crippen LogP contribution < -0.4 is 10.6 Å². The van der Waals surface area contributed by atoms with E-state index in [9.17, 15) is 4.39 Å². The maximum absolute atomic E-state index is 13.0. The van der Waals surface area contributed by atoms with Gasteiger partial charge in [0.15, 0.2) is 0 Å². The van der Waals surface area contributed by atoms with E-state index in [1.54, 1.807) is 6.07 Å². The molecule has 0 bridgehead atoms. The number of nitrogens with zero attached hydrogens (tertiary/aromatic N) is 1. The Hall–Kier alpha value is -2.03. The third-order valence-corrected chi connectivity index (χ3v) is 3.22. The molecule has 0 atom stereocenters. The first-order valence-corrected chi connectivity index (χ1v) is 6.45. The normalized spacial score (nSPS) is 10.5. The number of rotatable bonds is 4. The molecule has 2 rings (SSSR count). The molecule has 0 spiro atoms. The van der Waals surface area contributed by atoms with E-state index < -0.39 is 0 Å². The molecule has 0 fully saturated rings. The first kappa shape index (κ1) is 13.4. The van der Waals surface area contributed by atoms with Gasteiger partial charge < -0.3 is 10.6 Å². The summed E-state index contributed by atoms with van der Waals surface area (Å²) in [5, 5.41) is 0. The van der Waals surface area contributed by atoms with Crippen molar-refractivity contribution in [1.29, 1.82) is 0 Å². The molecule has 0 aliphatic heterocycles. The summed E-state index contributed by atoms with van der Waals surface area (Å²) < 4.78 is 13.0. The molecule has 0 aliphatic carbocycles. The van der Waals surface area contributed by atoms with Gasteiger partial charge in [0.1, 0.15) is 5.82 Å². The molecule has 2 aromatic rings. The Balaban J connectivity index is 2.24. The fourth-order valence-electron chi connectivity index (χ4n) is 2.13. The van der Waals surface area contributed by atoms with E-state index in [0.29, 0.717) is 12.2 Å². The Morgan fingerprint density at radius 2 is 1.95 bits per heavy atom. The van der Waals surface area contributed by atoms with E-state index in [-0.39, 0.29) is 5.82 Å². The molecule has 0 saturated heterocycles. The maximum atomic E-state index is 13.0. The number of hydrogen-bond acceptors (Lipinski definition) is 2. The van der Waals surface area contributed by atoms with Crippen molar-refractivity contribution < 1.29 is 4.39 Å². The average molecular weight is 258 g/mol. The lowest BCUT2D eigenvalue weighted by Crippen LogP contribution is -2.22. The number of hydrogen-bond donors (Lipinski definition) is 1. The van der Waals surface area contributed by atoms with Crippen LogP contribution in [0.15, 0.2) is 42.5 Å². The lowest BCUT2D eigenvalue weighted by molar-refractivity contribution is 0.627. The molecular formula is C16H19FN2. The predicted octanol–water partition coefficient (Wildman–Crippen LogP) is 3.74. The first-order chi connectivity index (χ1) is 9.10. The minimum Gasteiger partial charge on any atom is -0.398 e. The molecule has 0 aromatic heterocycles. The Kier molecular flexibility index (Phi) is 4.05. The van der Waals surface area contributed by atoms with Crippen molar-refractivity contribution in [3.8, 4) is 0 Å². The molecule has 0 saturated carbocycles. The fourth-order valence-corrected chi connectivity index (χ4v) is 2.13. The van der Waals surface area contributed by atoms with Crippen molar-refractivity contribution in [2.45, 2.75) is 20.4 Å². The van der Waals surface area contributed by atoms with E-state index in [2.05, 4.69) is 36.9 Å². The molecule has 2 aromatic carbocycles. The molecule has 2 nitrogen and oxygen atoms in total. The zero-order valence-electron chi connectivity index (χ0n) is 11.4. The number of nitrogens with two attached hydrogens (primary N) is 1. The van der Waals surface area contributed by atoms with Gasteiger partial charge in [-0.15, -0.1) is 0 Å². The number of halogens is 1. The topological polar surface area (TPSA) is 29.3 Å². The monoisotopic (exact) mass is 258 g/mol. The van der Waals surface area contributed by atoms with Crippen molar-refractivity contribution in [2.24, 2.45) is 0 Å². The highest BCUT2D eigenvalue weighted by Gasteiger charge is 2.08. The quantitative estimate of drug-likeness (QED) is 0.846. The summed E-state index contributed by atoms with van der Waals surface area (Å²) in [6.07, 6.45) is 0. The van der Waals surface area contributed by atoms with Crippen LogP contribution in [0.2, 0.25) is 0 Å². The largest absolute Gasteiger partial charge is 0.398 e. The molecule has 19 heavy (non-hydrogen) atoms. The van der Waals surface area contributed by atoms with Crippen molar-refractivity contribution in [3.05, 3.63) is 59.4 Å². The van der Waals surface area contributed by atoms with Gasteiger partial charge in [0.2, 0.25) is 0 Å². The third kappa shape index (κ3) is 3.25. The summed E-state index contributed by atoms with van der Waals surface area (Å²) in [5.74, 6) is -0.292. The maximum Gasteiger partial charge on any atom is 0.125 e. The summed E-state index contributed by atoms with van der Waals surface area (Å²) in [6.45, 7) is 5.73. The molecule has 0 unspecified atom stereocenters. The number of nitrogen functional groups attached to an aromatic ring is 1. The number of aryl methyl sites for hydroxylation is 1. The molecule has 0 amide bonds. The smallest absolute Gasteiger partial charge is 0.125 e. The molecule has 2 N–H and O–H groups in total. The molecule has 0 heterocycles. The average Bonchev–Trinajstić information content (AvgIpc) is 2.38.